The maximum absolute atomic E-state index is 12.9. The molecule has 0 saturated heterocycles. The molecule has 9 nitrogen and oxygen atoms in total. The number of carboxylic acids is 1. The van der Waals surface area contributed by atoms with E-state index in [0.717, 1.165) is 154 Å². The molecule has 452 valence electrons. The molecule has 1 N–H and O–H groups in total. The van der Waals surface area contributed by atoms with Crippen LogP contribution in [-0.2, 0) is 33.3 Å². The van der Waals surface area contributed by atoms with Gasteiger partial charge in [0.15, 0.2) is 6.10 Å². The number of rotatable bonds is 54. The highest BCUT2D eigenvalue weighted by molar-refractivity contribution is 5.71. The number of unbranched alkanes of at least 4 members (excludes halogenated alkanes) is 9. The van der Waals surface area contributed by atoms with E-state index in [1.807, 2.05) is 21.1 Å². The first-order valence-electron chi connectivity index (χ1n) is 30.9. The van der Waals surface area contributed by atoms with Crippen molar-refractivity contribution >= 4 is 17.9 Å². The fraction of sp³-hybridized carbons (Fsp3) is 0.542. The smallest absolute Gasteiger partial charge is 0.361 e. The van der Waals surface area contributed by atoms with Gasteiger partial charge in [-0.05, 0) is 135 Å². The molecule has 0 saturated carbocycles. The van der Waals surface area contributed by atoms with E-state index >= 15 is 0 Å². The van der Waals surface area contributed by atoms with E-state index in [4.69, 9.17) is 18.9 Å². The van der Waals surface area contributed by atoms with Crippen molar-refractivity contribution < 1.29 is 42.9 Å². The lowest BCUT2D eigenvalue weighted by atomic mass is 10.1. The number of hydrogen-bond donors (Lipinski definition) is 1. The summed E-state index contributed by atoms with van der Waals surface area (Å²) in [6.07, 6.45) is 89.9. The molecule has 0 aliphatic carbocycles. The van der Waals surface area contributed by atoms with E-state index in [1.54, 1.807) is 0 Å². The molecule has 0 spiro atoms. The Morgan fingerprint density at radius 1 is 0.370 bits per heavy atom. The van der Waals surface area contributed by atoms with Crippen molar-refractivity contribution in [3.63, 3.8) is 0 Å². The summed E-state index contributed by atoms with van der Waals surface area (Å²) in [6, 6.07) is 0. The third kappa shape index (κ3) is 61.9. The summed E-state index contributed by atoms with van der Waals surface area (Å²) in [6.45, 7) is 4.56. The highest BCUT2D eigenvalue weighted by Crippen LogP contribution is 2.12. The number of ether oxygens (including phenoxy) is 4. The van der Waals surface area contributed by atoms with Crippen LogP contribution in [0.2, 0.25) is 0 Å². The Balaban J connectivity index is 4.27. The number of carbonyl (C=O) groups excluding carboxylic acids is 2. The number of carbonyl (C=O) groups is 3. The number of esters is 2. The minimum atomic E-state index is -1.53. The summed E-state index contributed by atoms with van der Waals surface area (Å²) >= 11 is 0. The van der Waals surface area contributed by atoms with Gasteiger partial charge in [-0.3, -0.25) is 9.59 Å². The van der Waals surface area contributed by atoms with Crippen molar-refractivity contribution in [2.24, 2.45) is 0 Å². The summed E-state index contributed by atoms with van der Waals surface area (Å²) in [5, 5.41) is 9.70. The van der Waals surface area contributed by atoms with E-state index < -0.39 is 24.3 Å². The fourth-order valence-electron chi connectivity index (χ4n) is 7.48. The minimum absolute atomic E-state index is 0.169. The third-order valence-corrected chi connectivity index (χ3v) is 12.2. The van der Waals surface area contributed by atoms with Gasteiger partial charge >= 0.3 is 17.9 Å². The van der Waals surface area contributed by atoms with E-state index in [2.05, 4.69) is 196 Å². The van der Waals surface area contributed by atoms with Crippen LogP contribution in [0.25, 0.3) is 0 Å². The number of allylic oxidation sites excluding steroid dienone is 30. The second kappa shape index (κ2) is 60.5. The van der Waals surface area contributed by atoms with E-state index in [-0.39, 0.29) is 38.6 Å². The van der Waals surface area contributed by atoms with Crippen molar-refractivity contribution in [2.45, 2.75) is 206 Å². The lowest BCUT2D eigenvalue weighted by molar-refractivity contribution is -0.870. The zero-order valence-electron chi connectivity index (χ0n) is 51.4. The predicted octanol–water partition coefficient (Wildman–Crippen LogP) is 18.9. The van der Waals surface area contributed by atoms with Crippen LogP contribution in [0, 0.1) is 0 Å². The van der Waals surface area contributed by atoms with Gasteiger partial charge in [0.2, 0.25) is 0 Å². The van der Waals surface area contributed by atoms with Crippen molar-refractivity contribution in [2.75, 3.05) is 47.5 Å². The molecule has 0 aromatic rings. The SMILES string of the molecule is CC/C=C\C/C=C\C/C=C\C/C=C\C/C=C\C/C=C\C/C=C\C/C=C\C/C=C\C/C=C\C/C=C\C/C=C\CCCCCCC(=O)OC(COC(=O)CCCCCCC/C=C\C/C=C\C/C=C\CC)COC(OCC[N+](C)(C)C)C(=O)O. The Labute approximate surface area is 494 Å². The molecule has 2 atom stereocenters. The number of quaternary nitrogens is 1. The summed E-state index contributed by atoms with van der Waals surface area (Å²) in [4.78, 5) is 37.4. The predicted molar refractivity (Wildman–Crippen MR) is 345 cm³/mol. The topological polar surface area (TPSA) is 108 Å². The normalized spacial score (nSPS) is 14.0. The molecule has 0 bridgehead atoms. The second-order valence-electron chi connectivity index (χ2n) is 20.9. The average Bonchev–Trinajstić information content (AvgIpc) is 3.44. The van der Waals surface area contributed by atoms with E-state index in [1.165, 1.54) is 0 Å². The van der Waals surface area contributed by atoms with Crippen LogP contribution in [0.4, 0.5) is 0 Å². The molecular weight excluding hydrogens is 1010 g/mol. The Morgan fingerprint density at radius 3 is 0.988 bits per heavy atom. The number of nitrogens with zero attached hydrogens (tertiary/aromatic N) is 1. The minimum Gasteiger partial charge on any atom is -0.477 e. The number of hydrogen-bond acceptors (Lipinski definition) is 7. The molecule has 0 heterocycles. The first-order valence-corrected chi connectivity index (χ1v) is 30.9. The van der Waals surface area contributed by atoms with Gasteiger partial charge < -0.3 is 28.5 Å². The molecule has 0 aromatic heterocycles. The Morgan fingerprint density at radius 2 is 0.667 bits per heavy atom. The van der Waals surface area contributed by atoms with Crippen LogP contribution in [0.5, 0.6) is 0 Å². The fourth-order valence-corrected chi connectivity index (χ4v) is 7.48. The van der Waals surface area contributed by atoms with Crippen LogP contribution < -0.4 is 0 Å². The van der Waals surface area contributed by atoms with E-state index in [0.29, 0.717) is 23.9 Å². The molecule has 0 aliphatic rings. The maximum Gasteiger partial charge on any atom is 0.361 e. The lowest BCUT2D eigenvalue weighted by Gasteiger charge is -2.25. The maximum atomic E-state index is 12.9. The monoisotopic (exact) mass is 1120 g/mol. The van der Waals surface area contributed by atoms with Gasteiger partial charge in [-0.15, -0.1) is 0 Å². The highest BCUT2D eigenvalue weighted by atomic mass is 16.7. The molecule has 0 amide bonds. The van der Waals surface area contributed by atoms with Gasteiger partial charge in [0.05, 0.1) is 34.4 Å². The summed E-state index contributed by atoms with van der Waals surface area (Å²) < 4.78 is 22.8. The standard InChI is InChI=1S/C72H111NO8/c1-6-8-10-12-14-16-18-20-22-23-24-25-26-27-28-29-30-31-32-33-34-35-36-37-38-39-40-41-42-43-44-45-46-47-49-51-53-55-57-59-61-63-70(75)81-68(67-80-72(71(76)77)78-65-64-73(3,4)5)66-79-69(74)62-60-58-56-54-52-50-48-21-19-17-15-13-11-9-7-2/h8-11,14-17,20-22,24-25,27-28,30-31,33-34,36-37,39-40,42-43,45-46,48-49,51,68,72H,6-7,12-13,18-19,23,26,29,32,35,38,41,44,47,50,52-67H2,1-5H3/p+1/b10-8-,11-9-,16-14-,17-15-,22-20-,25-24-,28-27-,31-30-,34-33-,37-36-,40-39-,43-42-,46-45-,48-21-,51-49-. The molecule has 81 heavy (non-hydrogen) atoms. The Hall–Kier alpha value is -5.61. The average molecular weight is 1120 g/mol. The van der Waals surface area contributed by atoms with Crippen molar-refractivity contribution in [3.05, 3.63) is 182 Å². The molecule has 0 aliphatic heterocycles. The van der Waals surface area contributed by atoms with Crippen LogP contribution in [-0.4, -0.2) is 87.4 Å². The Bertz CT molecular complexity index is 1980. The van der Waals surface area contributed by atoms with Gasteiger partial charge in [0, 0.05) is 12.8 Å². The zero-order valence-corrected chi connectivity index (χ0v) is 51.4. The molecule has 0 fully saturated rings. The van der Waals surface area contributed by atoms with Crippen molar-refractivity contribution in [1.82, 2.24) is 0 Å². The first-order chi connectivity index (χ1) is 39.6. The number of carboxylic acid groups (broad SMARTS) is 1. The summed E-state index contributed by atoms with van der Waals surface area (Å²) in [7, 11) is 5.93. The molecule has 2 unspecified atom stereocenters. The van der Waals surface area contributed by atoms with Crippen LogP contribution >= 0.6 is 0 Å². The number of aliphatic carboxylic acids is 1. The second-order valence-corrected chi connectivity index (χ2v) is 20.9. The van der Waals surface area contributed by atoms with Crippen LogP contribution in [0.3, 0.4) is 0 Å². The van der Waals surface area contributed by atoms with Crippen LogP contribution in [0.15, 0.2) is 182 Å². The van der Waals surface area contributed by atoms with Crippen LogP contribution in [0.1, 0.15) is 194 Å². The highest BCUT2D eigenvalue weighted by Gasteiger charge is 2.25. The number of likely N-dealkylation sites (N-methyl/N-ethyl adjacent to an activating group) is 1. The van der Waals surface area contributed by atoms with E-state index in [9.17, 15) is 19.5 Å². The molecule has 9 heteroatoms. The van der Waals surface area contributed by atoms with Gasteiger partial charge in [-0.1, -0.05) is 228 Å². The van der Waals surface area contributed by atoms with Gasteiger partial charge in [0.25, 0.3) is 6.29 Å². The molecule has 0 rings (SSSR count). The Kier molecular flexibility index (Phi) is 56.3. The quantitative estimate of drug-likeness (QED) is 0.0211. The van der Waals surface area contributed by atoms with Crippen molar-refractivity contribution in [1.29, 1.82) is 0 Å². The largest absolute Gasteiger partial charge is 0.477 e. The first kappa shape index (κ1) is 75.4. The van der Waals surface area contributed by atoms with Gasteiger partial charge in [-0.2, -0.15) is 0 Å². The summed E-state index contributed by atoms with van der Waals surface area (Å²) in [5.41, 5.74) is 0. The molecule has 0 aromatic carbocycles. The van der Waals surface area contributed by atoms with Crippen molar-refractivity contribution in [3.8, 4) is 0 Å². The van der Waals surface area contributed by atoms with Gasteiger partial charge in [0.1, 0.15) is 13.2 Å². The summed E-state index contributed by atoms with van der Waals surface area (Å²) in [5.74, 6) is -2.09. The molecule has 0 radical (unpaired) electrons. The third-order valence-electron chi connectivity index (χ3n) is 12.2. The van der Waals surface area contributed by atoms with Gasteiger partial charge in [-0.25, -0.2) is 4.79 Å². The zero-order chi connectivity index (χ0) is 59.1. The molecular formula is C72H112NO8+. The lowest BCUT2D eigenvalue weighted by Crippen LogP contribution is -2.40.